The molecular formula is C22H26N2O2. The second kappa shape index (κ2) is 11.4. The van der Waals surface area contributed by atoms with Gasteiger partial charge in [-0.3, -0.25) is 9.59 Å². The van der Waals surface area contributed by atoms with Crippen LogP contribution in [0.25, 0.3) is 12.2 Å². The van der Waals surface area contributed by atoms with Crippen molar-refractivity contribution >= 4 is 24.0 Å². The quantitative estimate of drug-likeness (QED) is 0.827. The number of primary amides is 2. The van der Waals surface area contributed by atoms with Gasteiger partial charge in [-0.1, -0.05) is 84.0 Å². The molecule has 0 spiro atoms. The SMILES string of the molecule is CC(=Cc1ccccc1)CC(N)=O.CC(=Cc1ccccc1)CC(N)=O. The van der Waals surface area contributed by atoms with Crippen LogP contribution in [-0.4, -0.2) is 11.8 Å². The molecule has 0 atom stereocenters. The number of hydrogen-bond acceptors (Lipinski definition) is 2. The van der Waals surface area contributed by atoms with Crippen LogP contribution in [0.5, 0.6) is 0 Å². The van der Waals surface area contributed by atoms with E-state index in [9.17, 15) is 9.59 Å². The molecule has 4 N–H and O–H groups in total. The van der Waals surface area contributed by atoms with Crippen molar-refractivity contribution in [2.24, 2.45) is 11.5 Å². The summed E-state index contributed by atoms with van der Waals surface area (Å²) < 4.78 is 0. The molecule has 2 aromatic carbocycles. The molecular weight excluding hydrogens is 324 g/mol. The zero-order chi connectivity index (χ0) is 19.4. The lowest BCUT2D eigenvalue weighted by atomic mass is 10.1. The van der Waals surface area contributed by atoms with Crippen molar-refractivity contribution in [1.29, 1.82) is 0 Å². The van der Waals surface area contributed by atoms with Gasteiger partial charge in [0.1, 0.15) is 0 Å². The predicted octanol–water partition coefficient (Wildman–Crippen LogP) is 3.93. The van der Waals surface area contributed by atoms with E-state index in [0.29, 0.717) is 12.8 Å². The van der Waals surface area contributed by atoms with Gasteiger partial charge >= 0.3 is 0 Å². The van der Waals surface area contributed by atoms with Crippen LogP contribution in [0.2, 0.25) is 0 Å². The largest absolute Gasteiger partial charge is 0.369 e. The Bertz CT molecular complexity index is 696. The van der Waals surface area contributed by atoms with Crippen LogP contribution in [0.15, 0.2) is 71.8 Å². The van der Waals surface area contributed by atoms with Gasteiger partial charge in [-0.25, -0.2) is 0 Å². The fourth-order valence-corrected chi connectivity index (χ4v) is 2.32. The van der Waals surface area contributed by atoms with Crippen LogP contribution in [0, 0.1) is 0 Å². The third-order valence-electron chi connectivity index (χ3n) is 3.33. The molecule has 0 bridgehead atoms. The maximum Gasteiger partial charge on any atom is 0.221 e. The van der Waals surface area contributed by atoms with Gasteiger partial charge < -0.3 is 11.5 Å². The number of nitrogens with two attached hydrogens (primary N) is 2. The van der Waals surface area contributed by atoms with E-state index >= 15 is 0 Å². The van der Waals surface area contributed by atoms with E-state index in [-0.39, 0.29) is 11.8 Å². The minimum atomic E-state index is -0.287. The molecule has 0 aliphatic rings. The summed E-state index contributed by atoms with van der Waals surface area (Å²) in [4.78, 5) is 21.2. The summed E-state index contributed by atoms with van der Waals surface area (Å²) >= 11 is 0. The van der Waals surface area contributed by atoms with Crippen LogP contribution in [0.4, 0.5) is 0 Å². The van der Waals surface area contributed by atoms with Gasteiger partial charge in [-0.05, 0) is 25.0 Å². The molecule has 0 radical (unpaired) electrons. The van der Waals surface area contributed by atoms with Crippen LogP contribution in [0.1, 0.15) is 37.8 Å². The third kappa shape index (κ3) is 9.88. The van der Waals surface area contributed by atoms with E-state index in [1.54, 1.807) is 0 Å². The Balaban J connectivity index is 0.000000260. The Morgan fingerprint density at radius 1 is 0.692 bits per heavy atom. The highest BCUT2D eigenvalue weighted by atomic mass is 16.1. The number of amides is 2. The third-order valence-corrected chi connectivity index (χ3v) is 3.33. The molecule has 4 nitrogen and oxygen atoms in total. The number of hydrogen-bond donors (Lipinski definition) is 2. The van der Waals surface area contributed by atoms with Crippen molar-refractivity contribution < 1.29 is 9.59 Å². The highest BCUT2D eigenvalue weighted by molar-refractivity contribution is 5.78. The zero-order valence-corrected chi connectivity index (χ0v) is 15.3. The Labute approximate surface area is 155 Å². The van der Waals surface area contributed by atoms with Crippen LogP contribution < -0.4 is 11.5 Å². The number of carbonyl (C=O) groups excluding carboxylic acids is 2. The van der Waals surface area contributed by atoms with E-state index < -0.39 is 0 Å². The maximum atomic E-state index is 10.6. The van der Waals surface area contributed by atoms with Crippen LogP contribution in [0.3, 0.4) is 0 Å². The topological polar surface area (TPSA) is 86.2 Å². The highest BCUT2D eigenvalue weighted by Crippen LogP contribution is 2.09. The minimum absolute atomic E-state index is 0.287. The van der Waals surface area contributed by atoms with Gasteiger partial charge in [0.05, 0.1) is 0 Å². The summed E-state index contributed by atoms with van der Waals surface area (Å²) in [5.74, 6) is -0.575. The van der Waals surface area contributed by atoms with E-state index in [0.717, 1.165) is 22.3 Å². The Morgan fingerprint density at radius 3 is 1.27 bits per heavy atom. The molecule has 0 aliphatic heterocycles. The first kappa shape index (κ1) is 20.9. The fraction of sp³-hybridized carbons (Fsp3) is 0.182. The average molecular weight is 350 g/mol. The fourth-order valence-electron chi connectivity index (χ4n) is 2.32. The van der Waals surface area contributed by atoms with Crippen molar-refractivity contribution in [3.8, 4) is 0 Å². The summed E-state index contributed by atoms with van der Waals surface area (Å²) in [5, 5.41) is 0. The van der Waals surface area contributed by atoms with E-state index in [1.807, 2.05) is 86.7 Å². The molecule has 0 aliphatic carbocycles. The number of carbonyl (C=O) groups is 2. The highest BCUT2D eigenvalue weighted by Gasteiger charge is 1.96. The van der Waals surface area contributed by atoms with E-state index in [4.69, 9.17) is 11.5 Å². The molecule has 0 fully saturated rings. The monoisotopic (exact) mass is 350 g/mol. The molecule has 0 unspecified atom stereocenters. The Kier molecular flexibility index (Phi) is 9.18. The zero-order valence-electron chi connectivity index (χ0n) is 15.3. The number of benzene rings is 2. The first-order valence-corrected chi connectivity index (χ1v) is 8.38. The second-order valence-electron chi connectivity index (χ2n) is 6.09. The smallest absolute Gasteiger partial charge is 0.221 e. The van der Waals surface area contributed by atoms with E-state index in [2.05, 4.69) is 0 Å². The van der Waals surface area contributed by atoms with Gasteiger partial charge in [0, 0.05) is 12.8 Å². The van der Waals surface area contributed by atoms with Gasteiger partial charge in [-0.2, -0.15) is 0 Å². The lowest BCUT2D eigenvalue weighted by molar-refractivity contribution is -0.118. The molecule has 2 rings (SSSR count). The second-order valence-corrected chi connectivity index (χ2v) is 6.09. The molecule has 0 saturated heterocycles. The standard InChI is InChI=1S/2C11H13NO/c2*1-9(8-11(12)13)7-10-5-3-2-4-6-10/h2*2-7H,8H2,1H3,(H2,12,13). The molecule has 4 heteroatoms. The molecule has 136 valence electrons. The lowest BCUT2D eigenvalue weighted by Crippen LogP contribution is -2.10. The first-order valence-electron chi connectivity index (χ1n) is 8.38. The predicted molar refractivity (Wildman–Crippen MR) is 108 cm³/mol. The van der Waals surface area contributed by atoms with Gasteiger partial charge in [0.25, 0.3) is 0 Å². The normalized spacial score (nSPS) is 11.3. The Hall–Kier alpha value is -3.14. The maximum absolute atomic E-state index is 10.6. The summed E-state index contributed by atoms with van der Waals surface area (Å²) in [6.45, 7) is 3.80. The minimum Gasteiger partial charge on any atom is -0.369 e. The van der Waals surface area contributed by atoms with Crippen molar-refractivity contribution in [3.05, 3.63) is 82.9 Å². The van der Waals surface area contributed by atoms with Crippen molar-refractivity contribution in [1.82, 2.24) is 0 Å². The summed E-state index contributed by atoms with van der Waals surface area (Å²) in [5.41, 5.74) is 14.3. The van der Waals surface area contributed by atoms with Gasteiger partial charge in [-0.15, -0.1) is 0 Å². The van der Waals surface area contributed by atoms with Crippen molar-refractivity contribution in [2.75, 3.05) is 0 Å². The van der Waals surface area contributed by atoms with E-state index in [1.165, 1.54) is 0 Å². The summed E-state index contributed by atoms with van der Waals surface area (Å²) in [6.07, 6.45) is 4.58. The average Bonchev–Trinajstić information content (AvgIpc) is 2.55. The number of rotatable bonds is 6. The van der Waals surface area contributed by atoms with Gasteiger partial charge in [0.2, 0.25) is 11.8 Å². The molecule has 2 amide bonds. The summed E-state index contributed by atoms with van der Waals surface area (Å²) in [7, 11) is 0. The first-order chi connectivity index (χ1) is 12.4. The molecule has 0 aromatic heterocycles. The molecule has 2 aromatic rings. The van der Waals surface area contributed by atoms with Crippen LogP contribution in [-0.2, 0) is 9.59 Å². The molecule has 0 heterocycles. The lowest BCUT2D eigenvalue weighted by Gasteiger charge is -1.97. The van der Waals surface area contributed by atoms with Crippen molar-refractivity contribution in [2.45, 2.75) is 26.7 Å². The van der Waals surface area contributed by atoms with Gasteiger partial charge in [0.15, 0.2) is 0 Å². The van der Waals surface area contributed by atoms with Crippen LogP contribution >= 0.6 is 0 Å². The van der Waals surface area contributed by atoms with Crippen molar-refractivity contribution in [3.63, 3.8) is 0 Å². The molecule has 0 saturated carbocycles. The Morgan fingerprint density at radius 2 is 1.00 bits per heavy atom. The summed E-state index contributed by atoms with van der Waals surface area (Å²) in [6, 6.07) is 19.7. The molecule has 26 heavy (non-hydrogen) atoms.